The largest absolute Gasteiger partial charge is 0.477 e. The van der Waals surface area contributed by atoms with Crippen LogP contribution in [0.3, 0.4) is 0 Å². The second kappa shape index (κ2) is 9.54. The van der Waals surface area contributed by atoms with E-state index < -0.39 is 4.92 Å². The highest BCUT2D eigenvalue weighted by molar-refractivity contribution is 6.30. The van der Waals surface area contributed by atoms with E-state index in [1.807, 2.05) is 0 Å². The molecule has 1 saturated carbocycles. The topological polar surface area (TPSA) is 93.9 Å². The van der Waals surface area contributed by atoms with Gasteiger partial charge in [-0.3, -0.25) is 19.8 Å². The Bertz CT molecular complexity index is 703. The molecule has 1 aromatic carbocycles. The van der Waals surface area contributed by atoms with E-state index >= 15 is 0 Å². The molecule has 154 valence electrons. The maximum absolute atomic E-state index is 12.4. The number of nitro benzene ring substituents is 1. The van der Waals surface area contributed by atoms with Crippen molar-refractivity contribution in [1.29, 1.82) is 0 Å². The van der Waals surface area contributed by atoms with Crippen LogP contribution in [0.15, 0.2) is 18.2 Å². The van der Waals surface area contributed by atoms with Gasteiger partial charge >= 0.3 is 5.69 Å². The number of halogens is 1. The molecule has 2 aliphatic rings. The number of carbonyl (C=O) groups is 1. The molecule has 2 fully saturated rings. The third-order valence-corrected chi connectivity index (χ3v) is 5.79. The number of nitrogens with one attached hydrogen (secondary N) is 1. The summed E-state index contributed by atoms with van der Waals surface area (Å²) in [6.45, 7) is 3.48. The zero-order valence-electron chi connectivity index (χ0n) is 15.8. The van der Waals surface area contributed by atoms with E-state index in [0.717, 1.165) is 52.0 Å². The number of morpholine rings is 1. The molecule has 0 atom stereocenters. The SMILES string of the molecule is O=C(COc1ccc(Cl)cc1[N+](=O)[O-])NCC1(N2CCOCC2)CCCCC1. The molecule has 9 heteroatoms. The van der Waals surface area contributed by atoms with Crippen molar-refractivity contribution in [2.75, 3.05) is 39.5 Å². The maximum Gasteiger partial charge on any atom is 0.312 e. The van der Waals surface area contributed by atoms with Crippen molar-refractivity contribution in [3.63, 3.8) is 0 Å². The van der Waals surface area contributed by atoms with E-state index in [2.05, 4.69) is 10.2 Å². The highest BCUT2D eigenvalue weighted by Crippen LogP contribution is 2.34. The van der Waals surface area contributed by atoms with E-state index in [4.69, 9.17) is 21.1 Å². The number of nitro groups is 1. The molecule has 0 unspecified atom stereocenters. The summed E-state index contributed by atoms with van der Waals surface area (Å²) in [6.07, 6.45) is 5.64. The second-order valence-electron chi connectivity index (χ2n) is 7.32. The van der Waals surface area contributed by atoms with Crippen molar-refractivity contribution in [3.8, 4) is 5.75 Å². The molecule has 1 saturated heterocycles. The molecule has 3 rings (SSSR count). The Morgan fingerprint density at radius 1 is 1.29 bits per heavy atom. The number of nitrogens with zero attached hydrogens (tertiary/aromatic N) is 2. The van der Waals surface area contributed by atoms with Crippen molar-refractivity contribution < 1.29 is 19.2 Å². The van der Waals surface area contributed by atoms with Gasteiger partial charge in [0.25, 0.3) is 5.91 Å². The summed E-state index contributed by atoms with van der Waals surface area (Å²) in [6, 6.07) is 4.12. The summed E-state index contributed by atoms with van der Waals surface area (Å²) >= 11 is 5.80. The minimum absolute atomic E-state index is 0.0325. The number of ether oxygens (including phenoxy) is 2. The van der Waals surface area contributed by atoms with Gasteiger partial charge in [-0.2, -0.15) is 0 Å². The normalized spacial score (nSPS) is 19.8. The Hall–Kier alpha value is -1.90. The molecular weight excluding hydrogens is 386 g/mol. The van der Waals surface area contributed by atoms with E-state index in [0.29, 0.717) is 6.54 Å². The summed E-state index contributed by atoms with van der Waals surface area (Å²) < 4.78 is 10.9. The summed E-state index contributed by atoms with van der Waals surface area (Å²) in [4.78, 5) is 25.3. The molecule has 1 amide bonds. The quantitative estimate of drug-likeness (QED) is 0.547. The van der Waals surface area contributed by atoms with Crippen molar-refractivity contribution in [3.05, 3.63) is 33.3 Å². The second-order valence-corrected chi connectivity index (χ2v) is 7.76. The fourth-order valence-electron chi connectivity index (χ4n) is 4.07. The van der Waals surface area contributed by atoms with Crippen LogP contribution in [0.4, 0.5) is 5.69 Å². The number of carbonyl (C=O) groups excluding carboxylic acids is 1. The van der Waals surface area contributed by atoms with E-state index in [-0.39, 0.29) is 34.5 Å². The predicted molar refractivity (Wildman–Crippen MR) is 105 cm³/mol. The third-order valence-electron chi connectivity index (χ3n) is 5.56. The van der Waals surface area contributed by atoms with Gasteiger partial charge < -0.3 is 14.8 Å². The summed E-state index contributed by atoms with van der Waals surface area (Å²) in [5, 5.41) is 14.3. The fraction of sp³-hybridized carbons (Fsp3) is 0.632. The zero-order chi connectivity index (χ0) is 20.0. The van der Waals surface area contributed by atoms with Gasteiger partial charge in [0, 0.05) is 36.3 Å². The lowest BCUT2D eigenvalue weighted by molar-refractivity contribution is -0.385. The molecule has 1 aromatic rings. The molecule has 1 N–H and O–H groups in total. The van der Waals surface area contributed by atoms with Gasteiger partial charge in [-0.05, 0) is 25.0 Å². The standard InChI is InChI=1S/C19H26ClN3O5/c20-15-4-5-17(16(12-15)23(25)26)28-13-18(24)21-14-19(6-2-1-3-7-19)22-8-10-27-11-9-22/h4-5,12H,1-3,6-11,13-14H2,(H,21,24). The number of rotatable bonds is 7. The first-order valence-corrected chi connectivity index (χ1v) is 10.0. The summed E-state index contributed by atoms with van der Waals surface area (Å²) in [7, 11) is 0. The molecule has 0 bridgehead atoms. The molecular formula is C19H26ClN3O5. The Morgan fingerprint density at radius 2 is 2.00 bits per heavy atom. The van der Waals surface area contributed by atoms with Gasteiger partial charge in [0.2, 0.25) is 0 Å². The molecule has 0 spiro atoms. The lowest BCUT2D eigenvalue weighted by Gasteiger charge is -2.48. The van der Waals surface area contributed by atoms with Gasteiger partial charge in [0.05, 0.1) is 18.1 Å². The van der Waals surface area contributed by atoms with Crippen LogP contribution in [0.25, 0.3) is 0 Å². The van der Waals surface area contributed by atoms with Crippen LogP contribution in [-0.2, 0) is 9.53 Å². The van der Waals surface area contributed by atoms with Crippen LogP contribution in [0.5, 0.6) is 5.75 Å². The molecule has 28 heavy (non-hydrogen) atoms. The van der Waals surface area contributed by atoms with Crippen LogP contribution in [0, 0.1) is 10.1 Å². The maximum atomic E-state index is 12.4. The van der Waals surface area contributed by atoms with Gasteiger partial charge in [0.1, 0.15) is 0 Å². The van der Waals surface area contributed by atoms with Crippen LogP contribution in [0.2, 0.25) is 5.02 Å². The highest BCUT2D eigenvalue weighted by atomic mass is 35.5. The number of amides is 1. The molecule has 8 nitrogen and oxygen atoms in total. The fourth-order valence-corrected chi connectivity index (χ4v) is 4.23. The zero-order valence-corrected chi connectivity index (χ0v) is 16.6. The minimum atomic E-state index is -0.575. The first kappa shape index (κ1) is 20.8. The lowest BCUT2D eigenvalue weighted by Crippen LogP contribution is -2.60. The molecule has 0 aromatic heterocycles. The first-order chi connectivity index (χ1) is 13.5. The Morgan fingerprint density at radius 3 is 2.68 bits per heavy atom. The van der Waals surface area contributed by atoms with Crippen LogP contribution >= 0.6 is 11.6 Å². The lowest BCUT2D eigenvalue weighted by atomic mass is 9.79. The summed E-state index contributed by atoms with van der Waals surface area (Å²) in [5.74, 6) is -0.257. The molecule has 1 aliphatic heterocycles. The van der Waals surface area contributed by atoms with Gasteiger partial charge in [-0.15, -0.1) is 0 Å². The van der Waals surface area contributed by atoms with E-state index in [9.17, 15) is 14.9 Å². The molecule has 1 heterocycles. The Kier molecular flexibility index (Phi) is 7.09. The van der Waals surface area contributed by atoms with E-state index in [1.54, 1.807) is 0 Å². The van der Waals surface area contributed by atoms with Gasteiger partial charge in [0.15, 0.2) is 12.4 Å². The molecule has 1 aliphatic carbocycles. The van der Waals surface area contributed by atoms with E-state index in [1.165, 1.54) is 24.6 Å². The average molecular weight is 412 g/mol. The minimum Gasteiger partial charge on any atom is -0.477 e. The van der Waals surface area contributed by atoms with Crippen molar-refractivity contribution >= 4 is 23.2 Å². The first-order valence-electron chi connectivity index (χ1n) is 9.66. The van der Waals surface area contributed by atoms with Crippen LogP contribution < -0.4 is 10.1 Å². The van der Waals surface area contributed by atoms with Crippen molar-refractivity contribution in [1.82, 2.24) is 10.2 Å². The summed E-state index contributed by atoms with van der Waals surface area (Å²) in [5.41, 5.74) is -0.290. The highest BCUT2D eigenvalue weighted by Gasteiger charge is 2.38. The number of hydrogen-bond donors (Lipinski definition) is 1. The number of hydrogen-bond acceptors (Lipinski definition) is 6. The smallest absolute Gasteiger partial charge is 0.312 e. The Labute approximate surface area is 169 Å². The number of benzene rings is 1. The average Bonchev–Trinajstić information content (AvgIpc) is 2.72. The van der Waals surface area contributed by atoms with Crippen molar-refractivity contribution in [2.45, 2.75) is 37.6 Å². The Balaban J connectivity index is 1.57. The van der Waals surface area contributed by atoms with Crippen molar-refractivity contribution in [2.24, 2.45) is 0 Å². The molecule has 0 radical (unpaired) electrons. The van der Waals surface area contributed by atoms with Gasteiger partial charge in [-0.25, -0.2) is 0 Å². The van der Waals surface area contributed by atoms with Crippen LogP contribution in [-0.4, -0.2) is 60.7 Å². The predicted octanol–water partition coefficient (Wildman–Crippen LogP) is 2.78. The third kappa shape index (κ3) is 5.12. The van der Waals surface area contributed by atoms with Crippen LogP contribution in [0.1, 0.15) is 32.1 Å². The monoisotopic (exact) mass is 411 g/mol. The van der Waals surface area contributed by atoms with Gasteiger partial charge in [-0.1, -0.05) is 30.9 Å².